The van der Waals surface area contributed by atoms with E-state index in [1.54, 1.807) is 0 Å². The Balaban J connectivity index is 2.04. The molecule has 1 aliphatic carbocycles. The van der Waals surface area contributed by atoms with E-state index in [4.69, 9.17) is 10.8 Å². The first-order valence-corrected chi connectivity index (χ1v) is 10.1. The van der Waals surface area contributed by atoms with Crippen molar-refractivity contribution in [1.82, 2.24) is 10.6 Å². The van der Waals surface area contributed by atoms with Crippen molar-refractivity contribution < 1.29 is 52.4 Å². The highest BCUT2D eigenvalue weighted by Gasteiger charge is 2.35. The van der Waals surface area contributed by atoms with Crippen LogP contribution in [0.5, 0.6) is 5.75 Å². The number of carboxylic acid groups (broad SMARTS) is 1. The molecule has 4 amide bonds. The van der Waals surface area contributed by atoms with E-state index in [0.717, 1.165) is 30.3 Å². The van der Waals surface area contributed by atoms with Crippen molar-refractivity contribution in [3.8, 4) is 5.75 Å². The number of alkyl halides is 3. The van der Waals surface area contributed by atoms with Gasteiger partial charge in [0, 0.05) is 24.1 Å². The average Bonchev–Trinajstić information content (AvgIpc) is 2.74. The van der Waals surface area contributed by atoms with Crippen molar-refractivity contribution in [3.63, 3.8) is 0 Å². The number of nitrogens with one attached hydrogen (secondary N) is 3. The van der Waals surface area contributed by atoms with Gasteiger partial charge in [0.2, 0.25) is 11.8 Å². The predicted molar refractivity (Wildman–Crippen MR) is 112 cm³/mol. The highest BCUT2D eigenvalue weighted by Crippen LogP contribution is 2.24. The van der Waals surface area contributed by atoms with Crippen LogP contribution < -0.4 is 26.4 Å². The number of carboxylic acids is 1. The maximum absolute atomic E-state index is 12.5. The maximum atomic E-state index is 12.5. The summed E-state index contributed by atoms with van der Waals surface area (Å²) in [6.45, 7) is 0. The quantitative estimate of drug-likeness (QED) is 0.243. The number of hydrogen-bond acceptors (Lipinski definition) is 7. The summed E-state index contributed by atoms with van der Waals surface area (Å²) in [5, 5.41) is 35.9. The number of aliphatic hydroxyl groups is 2. The first kappa shape index (κ1) is 27.4. The van der Waals surface area contributed by atoms with Crippen molar-refractivity contribution in [3.05, 3.63) is 35.9 Å². The zero-order valence-corrected chi connectivity index (χ0v) is 17.9. The summed E-state index contributed by atoms with van der Waals surface area (Å²) in [7, 11) is 0. The molecule has 0 spiro atoms. The summed E-state index contributed by atoms with van der Waals surface area (Å²) >= 11 is 0. The summed E-state index contributed by atoms with van der Waals surface area (Å²) in [4.78, 5) is 47.0. The Bertz CT molecular complexity index is 984. The van der Waals surface area contributed by atoms with Gasteiger partial charge in [-0.1, -0.05) is 6.08 Å². The van der Waals surface area contributed by atoms with E-state index in [9.17, 15) is 42.6 Å². The third-order valence-corrected chi connectivity index (χ3v) is 4.80. The zero-order chi connectivity index (χ0) is 26.3. The van der Waals surface area contributed by atoms with Gasteiger partial charge in [0.15, 0.2) is 0 Å². The number of benzene rings is 1. The molecular weight excluding hydrogens is 481 g/mol. The molecule has 4 atom stereocenters. The van der Waals surface area contributed by atoms with Crippen molar-refractivity contribution in [1.29, 1.82) is 0 Å². The number of urea groups is 1. The minimum Gasteiger partial charge on any atom is -0.481 e. The lowest BCUT2D eigenvalue weighted by Crippen LogP contribution is -2.53. The minimum atomic E-state index is -4.88. The van der Waals surface area contributed by atoms with Crippen LogP contribution in [0.1, 0.15) is 19.3 Å². The van der Waals surface area contributed by atoms with Gasteiger partial charge in [-0.2, -0.15) is 0 Å². The molecule has 0 aromatic heterocycles. The second kappa shape index (κ2) is 11.5. The molecule has 0 aliphatic heterocycles. The Morgan fingerprint density at radius 1 is 1.14 bits per heavy atom. The third kappa shape index (κ3) is 8.78. The molecule has 12 nitrogen and oxygen atoms in total. The van der Waals surface area contributed by atoms with Crippen molar-refractivity contribution >= 4 is 29.5 Å². The number of aliphatic hydroxyl groups excluding tert-OH is 2. The predicted octanol–water partition coefficient (Wildman–Crippen LogP) is -0.0379. The molecular formula is C20H23F3N4O8. The van der Waals surface area contributed by atoms with E-state index in [0.29, 0.717) is 0 Å². The molecule has 0 saturated carbocycles. The van der Waals surface area contributed by atoms with Gasteiger partial charge in [-0.15, -0.1) is 13.2 Å². The first-order valence-electron chi connectivity index (χ1n) is 10.1. The SMILES string of the molecule is NC(=O)[C@H](CCC(=O)O)NC(=O)C1=C[C@@H](NC(=O)Nc2ccc(OC(F)(F)F)cc2)[C@@H](O)[C@H](O)C1. The summed E-state index contributed by atoms with van der Waals surface area (Å²) in [5.74, 6) is -3.56. The molecule has 0 fully saturated rings. The molecule has 0 heterocycles. The monoisotopic (exact) mass is 504 g/mol. The highest BCUT2D eigenvalue weighted by molar-refractivity contribution is 5.97. The molecule has 0 radical (unpaired) electrons. The average molecular weight is 504 g/mol. The Morgan fingerprint density at radius 2 is 1.77 bits per heavy atom. The van der Waals surface area contributed by atoms with Gasteiger partial charge in [-0.25, -0.2) is 4.79 Å². The van der Waals surface area contributed by atoms with Gasteiger partial charge in [-0.05, 0) is 30.7 Å². The first-order chi connectivity index (χ1) is 16.2. The van der Waals surface area contributed by atoms with Gasteiger partial charge in [0.25, 0.3) is 0 Å². The zero-order valence-electron chi connectivity index (χ0n) is 17.9. The second-order valence-electron chi connectivity index (χ2n) is 7.51. The maximum Gasteiger partial charge on any atom is 0.573 e. The summed E-state index contributed by atoms with van der Waals surface area (Å²) in [6.07, 6.45) is -7.78. The van der Waals surface area contributed by atoms with Crippen LogP contribution in [0.15, 0.2) is 35.9 Å². The molecule has 2 rings (SSSR count). The number of rotatable bonds is 9. The summed E-state index contributed by atoms with van der Waals surface area (Å²) < 4.78 is 40.4. The Hall–Kier alpha value is -3.85. The second-order valence-corrected chi connectivity index (χ2v) is 7.51. The fraction of sp³-hybridized carbons (Fsp3) is 0.400. The normalized spacial score (nSPS) is 20.7. The van der Waals surface area contributed by atoms with Crippen molar-refractivity contribution in [2.75, 3.05) is 5.32 Å². The summed E-state index contributed by atoms with van der Waals surface area (Å²) in [5.41, 5.74) is 5.14. The van der Waals surface area contributed by atoms with Crippen LogP contribution in [0.3, 0.4) is 0 Å². The van der Waals surface area contributed by atoms with Crippen LogP contribution in [-0.4, -0.2) is 69.8 Å². The molecule has 0 saturated heterocycles. The number of amides is 4. The van der Waals surface area contributed by atoms with Crippen LogP contribution in [-0.2, 0) is 14.4 Å². The molecule has 35 heavy (non-hydrogen) atoms. The molecule has 1 aromatic rings. The number of nitrogens with two attached hydrogens (primary N) is 1. The smallest absolute Gasteiger partial charge is 0.481 e. The Morgan fingerprint density at radius 3 is 2.31 bits per heavy atom. The molecule has 15 heteroatoms. The lowest BCUT2D eigenvalue weighted by Gasteiger charge is -2.31. The van der Waals surface area contributed by atoms with E-state index in [2.05, 4.69) is 20.7 Å². The van der Waals surface area contributed by atoms with Gasteiger partial charge in [0.1, 0.15) is 17.9 Å². The van der Waals surface area contributed by atoms with Gasteiger partial charge in [-0.3, -0.25) is 14.4 Å². The van der Waals surface area contributed by atoms with E-state index in [1.165, 1.54) is 0 Å². The standard InChI is InChI=1S/C20H23F3N4O8/c21-20(22,23)35-11-3-1-10(2-4-11)25-19(34)27-13-7-9(8-14(28)16(13)31)18(33)26-12(17(24)32)5-6-15(29)30/h1-4,7,12-14,16,28,31H,5-6,8H2,(H2,24,32)(H,26,33)(H,29,30)(H2,25,27,34)/t12-,13+,14+,16+/m0/s1. The van der Waals surface area contributed by atoms with Crippen LogP contribution >= 0.6 is 0 Å². The lowest BCUT2D eigenvalue weighted by molar-refractivity contribution is -0.274. The van der Waals surface area contributed by atoms with Crippen LogP contribution in [0.2, 0.25) is 0 Å². The molecule has 8 N–H and O–H groups in total. The van der Waals surface area contributed by atoms with Crippen molar-refractivity contribution in [2.45, 2.75) is 49.9 Å². The van der Waals surface area contributed by atoms with E-state index in [-0.39, 0.29) is 24.1 Å². The molecule has 192 valence electrons. The van der Waals surface area contributed by atoms with Crippen LogP contribution in [0.25, 0.3) is 0 Å². The number of hydrogen-bond donors (Lipinski definition) is 7. The largest absolute Gasteiger partial charge is 0.573 e. The van der Waals surface area contributed by atoms with E-state index in [1.807, 2.05) is 0 Å². The number of carbonyl (C=O) groups excluding carboxylic acids is 3. The number of aliphatic carboxylic acids is 1. The van der Waals surface area contributed by atoms with Crippen LogP contribution in [0.4, 0.5) is 23.7 Å². The van der Waals surface area contributed by atoms with Gasteiger partial charge >= 0.3 is 18.4 Å². The topological polar surface area (TPSA) is 200 Å². The van der Waals surface area contributed by atoms with E-state index >= 15 is 0 Å². The number of anilines is 1. The Labute approximate surface area is 195 Å². The van der Waals surface area contributed by atoms with Gasteiger partial charge in [0.05, 0.1) is 12.1 Å². The fourth-order valence-electron chi connectivity index (χ4n) is 3.13. The van der Waals surface area contributed by atoms with Gasteiger partial charge < -0.3 is 41.7 Å². The lowest BCUT2D eigenvalue weighted by atomic mass is 9.90. The number of primary amides is 1. The minimum absolute atomic E-state index is 0.0764. The molecule has 0 bridgehead atoms. The summed E-state index contributed by atoms with van der Waals surface area (Å²) in [6, 6.07) is 0.695. The van der Waals surface area contributed by atoms with Crippen LogP contribution in [0, 0.1) is 0 Å². The highest BCUT2D eigenvalue weighted by atomic mass is 19.4. The van der Waals surface area contributed by atoms with E-state index < -0.39 is 66.6 Å². The number of ether oxygens (including phenoxy) is 1. The molecule has 1 aliphatic rings. The Kier molecular flexibility index (Phi) is 9.02. The molecule has 1 aromatic carbocycles. The fourth-order valence-corrected chi connectivity index (χ4v) is 3.13. The number of carbonyl (C=O) groups is 4. The molecule has 0 unspecified atom stereocenters. The van der Waals surface area contributed by atoms with Crippen molar-refractivity contribution in [2.24, 2.45) is 5.73 Å². The third-order valence-electron chi connectivity index (χ3n) is 4.80. The number of halogens is 3.